The number of aliphatic hydroxyl groups excluding tert-OH is 1. The molecule has 3 aliphatic rings. The minimum atomic E-state index is -0.626. The molecule has 0 bridgehead atoms. The van der Waals surface area contributed by atoms with Gasteiger partial charge in [-0.05, 0) is 83.0 Å². The number of nitrogens with one attached hydrogen (secondary N) is 1. The van der Waals surface area contributed by atoms with Crippen LogP contribution in [0.15, 0.2) is 11.3 Å². The summed E-state index contributed by atoms with van der Waals surface area (Å²) < 4.78 is 6.05. The lowest BCUT2D eigenvalue weighted by molar-refractivity contribution is -0.150. The number of rotatable bonds is 3. The predicted molar refractivity (Wildman–Crippen MR) is 108 cm³/mol. The third-order valence-corrected chi connectivity index (χ3v) is 7.13. The first-order valence-corrected chi connectivity index (χ1v) is 11.0. The van der Waals surface area contributed by atoms with Gasteiger partial charge in [0.25, 0.3) is 5.91 Å². The van der Waals surface area contributed by atoms with Crippen molar-refractivity contribution in [1.82, 2.24) is 5.32 Å². The summed E-state index contributed by atoms with van der Waals surface area (Å²) in [7, 11) is 0. The van der Waals surface area contributed by atoms with Gasteiger partial charge in [0.1, 0.15) is 5.76 Å². The van der Waals surface area contributed by atoms with E-state index in [0.29, 0.717) is 17.6 Å². The number of carbonyl (C=O) groups excluding carboxylic acids is 2. The van der Waals surface area contributed by atoms with Crippen molar-refractivity contribution in [2.45, 2.75) is 85.1 Å². The number of carbonyl (C=O) groups is 2. The highest BCUT2D eigenvalue weighted by atomic mass is 16.5. The number of aliphatic hydroxyl groups is 1. The van der Waals surface area contributed by atoms with Gasteiger partial charge in [0.2, 0.25) is 0 Å². The van der Waals surface area contributed by atoms with Crippen molar-refractivity contribution in [2.75, 3.05) is 6.61 Å². The molecule has 5 nitrogen and oxygen atoms in total. The van der Waals surface area contributed by atoms with Crippen molar-refractivity contribution in [3.05, 3.63) is 11.3 Å². The first kappa shape index (κ1) is 21.4. The van der Waals surface area contributed by atoms with Gasteiger partial charge < -0.3 is 15.2 Å². The van der Waals surface area contributed by atoms with Crippen LogP contribution in [0.5, 0.6) is 0 Å². The predicted octanol–water partition coefficient (Wildman–Crippen LogP) is 3.95. The summed E-state index contributed by atoms with van der Waals surface area (Å²) in [5.74, 6) is 1.65. The zero-order valence-electron chi connectivity index (χ0n) is 18.1. The van der Waals surface area contributed by atoms with Gasteiger partial charge in [0.15, 0.2) is 0 Å². The molecule has 158 valence electrons. The SMILES string of the molecule is CC1CCC(C)C(C2=C(OC(=O)C(C)(C)C)C3(CCC(CO)CC3)NC2=O)C1. The lowest BCUT2D eigenvalue weighted by Gasteiger charge is -2.39. The Balaban J connectivity index is 2.01. The number of amides is 1. The highest BCUT2D eigenvalue weighted by molar-refractivity contribution is 5.99. The average Bonchev–Trinajstić information content (AvgIpc) is 2.88. The monoisotopic (exact) mass is 391 g/mol. The van der Waals surface area contributed by atoms with Crippen molar-refractivity contribution < 1.29 is 19.4 Å². The average molecular weight is 392 g/mol. The van der Waals surface area contributed by atoms with Crippen molar-refractivity contribution in [1.29, 1.82) is 0 Å². The van der Waals surface area contributed by atoms with Gasteiger partial charge in [-0.15, -0.1) is 0 Å². The van der Waals surface area contributed by atoms with Crippen LogP contribution in [-0.2, 0) is 14.3 Å². The van der Waals surface area contributed by atoms with Crippen LogP contribution in [0, 0.1) is 29.1 Å². The smallest absolute Gasteiger partial charge is 0.316 e. The van der Waals surface area contributed by atoms with Crippen LogP contribution in [0.4, 0.5) is 0 Å². The first-order valence-electron chi connectivity index (χ1n) is 11.0. The fraction of sp³-hybridized carbons (Fsp3) is 0.826. The molecule has 3 rings (SSSR count). The van der Waals surface area contributed by atoms with Crippen LogP contribution >= 0.6 is 0 Å². The Morgan fingerprint density at radius 1 is 1.18 bits per heavy atom. The van der Waals surface area contributed by atoms with Gasteiger partial charge in [-0.2, -0.15) is 0 Å². The summed E-state index contributed by atoms with van der Waals surface area (Å²) in [5, 5.41) is 12.8. The minimum Gasteiger partial charge on any atom is -0.428 e. The Morgan fingerprint density at radius 3 is 2.39 bits per heavy atom. The molecule has 2 N–H and O–H groups in total. The number of hydrogen-bond donors (Lipinski definition) is 2. The summed E-state index contributed by atoms with van der Waals surface area (Å²) in [6.45, 7) is 10.2. The molecular weight excluding hydrogens is 354 g/mol. The molecule has 0 aromatic carbocycles. The van der Waals surface area contributed by atoms with E-state index >= 15 is 0 Å². The van der Waals surface area contributed by atoms with Gasteiger partial charge >= 0.3 is 5.97 Å². The normalized spacial score (nSPS) is 36.6. The molecule has 1 aliphatic heterocycles. The summed E-state index contributed by atoms with van der Waals surface area (Å²) in [6, 6.07) is 0. The van der Waals surface area contributed by atoms with E-state index in [0.717, 1.165) is 44.1 Å². The quantitative estimate of drug-likeness (QED) is 0.714. The molecule has 1 spiro atoms. The van der Waals surface area contributed by atoms with E-state index in [4.69, 9.17) is 4.74 Å². The Bertz CT molecular complexity index is 652. The molecule has 0 saturated heterocycles. The van der Waals surface area contributed by atoms with E-state index in [2.05, 4.69) is 19.2 Å². The molecular formula is C23H37NO4. The summed E-state index contributed by atoms with van der Waals surface area (Å²) >= 11 is 0. The molecule has 2 aliphatic carbocycles. The molecule has 2 saturated carbocycles. The van der Waals surface area contributed by atoms with E-state index in [1.165, 1.54) is 6.42 Å². The van der Waals surface area contributed by atoms with Crippen LogP contribution < -0.4 is 5.32 Å². The van der Waals surface area contributed by atoms with Crippen molar-refractivity contribution in [3.8, 4) is 0 Å². The van der Waals surface area contributed by atoms with Gasteiger partial charge in [-0.25, -0.2) is 0 Å². The van der Waals surface area contributed by atoms with E-state index in [9.17, 15) is 14.7 Å². The fourth-order valence-corrected chi connectivity index (χ4v) is 5.08. The maximum absolute atomic E-state index is 13.2. The van der Waals surface area contributed by atoms with E-state index in [-0.39, 0.29) is 30.3 Å². The Morgan fingerprint density at radius 2 is 1.82 bits per heavy atom. The van der Waals surface area contributed by atoms with Gasteiger partial charge in [0.05, 0.1) is 16.5 Å². The molecule has 5 heteroatoms. The molecule has 3 atom stereocenters. The van der Waals surface area contributed by atoms with E-state index in [1.54, 1.807) is 0 Å². The van der Waals surface area contributed by atoms with Crippen molar-refractivity contribution in [3.63, 3.8) is 0 Å². The summed E-state index contributed by atoms with van der Waals surface area (Å²) in [5.41, 5.74) is -0.489. The molecule has 3 unspecified atom stereocenters. The largest absolute Gasteiger partial charge is 0.428 e. The van der Waals surface area contributed by atoms with Crippen molar-refractivity contribution in [2.24, 2.45) is 29.1 Å². The second-order valence-corrected chi connectivity index (χ2v) is 10.5. The molecule has 2 fully saturated rings. The third kappa shape index (κ3) is 4.00. The summed E-state index contributed by atoms with van der Waals surface area (Å²) in [6.07, 6.45) is 6.35. The topological polar surface area (TPSA) is 75.6 Å². The molecule has 1 heterocycles. The Kier molecular flexibility index (Phi) is 5.96. The van der Waals surface area contributed by atoms with Gasteiger partial charge in [0, 0.05) is 6.61 Å². The van der Waals surface area contributed by atoms with E-state index < -0.39 is 11.0 Å². The standard InChI is InChI=1S/C23H37NO4/c1-14-6-7-15(2)17(12-14)18-19(28-21(27)22(3,4)5)23(24-20(18)26)10-8-16(13-25)9-11-23/h14-17,25H,6-13H2,1-5H3,(H,24,26). The maximum Gasteiger partial charge on any atom is 0.316 e. The Hall–Kier alpha value is -1.36. The number of esters is 1. The molecule has 0 aromatic rings. The second kappa shape index (κ2) is 7.81. The first-order chi connectivity index (χ1) is 13.1. The van der Waals surface area contributed by atoms with Crippen molar-refractivity contribution >= 4 is 11.9 Å². The molecule has 28 heavy (non-hydrogen) atoms. The van der Waals surface area contributed by atoms with Crippen LogP contribution in [0.2, 0.25) is 0 Å². The second-order valence-electron chi connectivity index (χ2n) is 10.5. The molecule has 1 amide bonds. The third-order valence-electron chi connectivity index (χ3n) is 7.13. The maximum atomic E-state index is 13.2. The highest BCUT2D eigenvalue weighted by Gasteiger charge is 2.52. The van der Waals surface area contributed by atoms with Crippen LogP contribution in [0.25, 0.3) is 0 Å². The minimum absolute atomic E-state index is 0.0508. The van der Waals surface area contributed by atoms with Crippen LogP contribution in [-0.4, -0.2) is 29.1 Å². The lowest BCUT2D eigenvalue weighted by atomic mass is 9.70. The van der Waals surface area contributed by atoms with Gasteiger partial charge in [-0.1, -0.05) is 20.3 Å². The van der Waals surface area contributed by atoms with Crippen LogP contribution in [0.3, 0.4) is 0 Å². The zero-order valence-corrected chi connectivity index (χ0v) is 18.1. The Labute approximate surface area is 169 Å². The zero-order chi connectivity index (χ0) is 20.7. The molecule has 0 aromatic heterocycles. The lowest BCUT2D eigenvalue weighted by Crippen LogP contribution is -2.48. The highest BCUT2D eigenvalue weighted by Crippen LogP contribution is 2.48. The van der Waals surface area contributed by atoms with E-state index in [1.807, 2.05) is 20.8 Å². The van der Waals surface area contributed by atoms with Crippen LogP contribution in [0.1, 0.15) is 79.6 Å². The molecule has 0 radical (unpaired) electrons. The fourth-order valence-electron chi connectivity index (χ4n) is 5.08. The van der Waals surface area contributed by atoms with Gasteiger partial charge in [-0.3, -0.25) is 9.59 Å². The number of ether oxygens (including phenoxy) is 1. The summed E-state index contributed by atoms with van der Waals surface area (Å²) in [4.78, 5) is 26.0. The number of hydrogen-bond acceptors (Lipinski definition) is 4.